The summed E-state index contributed by atoms with van der Waals surface area (Å²) in [6.07, 6.45) is 16.7. The molecule has 4 aromatic carbocycles. The van der Waals surface area contributed by atoms with Gasteiger partial charge in [-0.1, -0.05) is 0 Å². The van der Waals surface area contributed by atoms with Gasteiger partial charge in [-0.05, 0) is 0 Å². The Kier molecular flexibility index (Phi) is 12.5. The smallest absolute Gasteiger partial charge is 0.147 e. The van der Waals surface area contributed by atoms with Crippen LogP contribution in [0.15, 0.2) is 96.1 Å². The maximum absolute atomic E-state index is 3.06. The number of hydrogen-bond donors (Lipinski definition) is 0. The van der Waals surface area contributed by atoms with Gasteiger partial charge in [-0.2, -0.15) is 0 Å². The summed E-state index contributed by atoms with van der Waals surface area (Å²) in [6.45, 7) is 9.25. The molecule has 7 rings (SSSR count). The van der Waals surface area contributed by atoms with Crippen molar-refractivity contribution in [3.8, 4) is 22.3 Å². The second-order valence-corrected chi connectivity index (χ2v) is 30.9. The molecule has 2 atom stereocenters. The van der Waals surface area contributed by atoms with Crippen molar-refractivity contribution in [2.75, 3.05) is 0 Å². The van der Waals surface area contributed by atoms with Crippen LogP contribution in [0.25, 0.3) is 34.4 Å². The van der Waals surface area contributed by atoms with Gasteiger partial charge in [0, 0.05) is 0 Å². The van der Waals surface area contributed by atoms with Crippen LogP contribution in [-0.4, -0.2) is 0 Å². The summed E-state index contributed by atoms with van der Waals surface area (Å²) in [5.41, 5.74) is 18.6. The molecular weight excluding hydrogens is 790 g/mol. The van der Waals surface area contributed by atoms with Crippen LogP contribution in [0.5, 0.6) is 0 Å². The third kappa shape index (κ3) is 6.66. The Labute approximate surface area is 307 Å². The first-order valence-electron chi connectivity index (χ1n) is 18.5. The number of aryl methyl sites for hydroxylation is 2. The third-order valence-corrected chi connectivity index (χ3v) is 34.1. The molecule has 2 unspecified atom stereocenters. The maximum Gasteiger partial charge on any atom is -0.147 e. The van der Waals surface area contributed by atoms with Crippen molar-refractivity contribution >= 4 is 37.0 Å². The van der Waals surface area contributed by atoms with Gasteiger partial charge in [-0.15, -0.1) is 24.8 Å². The zero-order valence-electron chi connectivity index (χ0n) is 29.5. The van der Waals surface area contributed by atoms with E-state index in [1.54, 1.807) is 41.8 Å². The fraction of sp³-hybridized carbons (Fsp3) is 0.378. The molecular formula is C45H54Cl2Hf. The van der Waals surface area contributed by atoms with Crippen LogP contribution in [0, 0.1) is 0 Å². The molecule has 0 nitrogen and oxygen atoms in total. The fourth-order valence-electron chi connectivity index (χ4n) is 9.15. The van der Waals surface area contributed by atoms with Crippen LogP contribution in [0.1, 0.15) is 113 Å². The normalized spacial score (nSPS) is 18.5. The van der Waals surface area contributed by atoms with Gasteiger partial charge in [-0.25, -0.2) is 0 Å². The van der Waals surface area contributed by atoms with E-state index in [4.69, 9.17) is 0 Å². The van der Waals surface area contributed by atoms with Gasteiger partial charge >= 0.3 is 285 Å². The zero-order chi connectivity index (χ0) is 31.7. The Morgan fingerprint density at radius 2 is 0.958 bits per heavy atom. The Balaban J connectivity index is 0.00000225. The molecule has 0 amide bonds. The van der Waals surface area contributed by atoms with Gasteiger partial charge in [0.1, 0.15) is 0 Å². The Hall–Kier alpha value is -2.19. The predicted octanol–water partition coefficient (Wildman–Crippen LogP) is 14.3. The van der Waals surface area contributed by atoms with Crippen LogP contribution in [0.2, 0.25) is 8.35 Å². The number of benzene rings is 4. The molecule has 3 aliphatic rings. The molecule has 1 heterocycles. The monoisotopic (exact) mass is 844 g/mol. The standard InChI is InChI=1S/2C21H23.C3H6.2ClH.Hf/c2*1-3-5-7-17-14-19-8-6-9-20(21(19)15-17)18-12-10-16(4-2)11-13-18;1-3-2;;;/h2*6,8-15H,3-5,7H2,1-2H3;1-3H2;2*1H;. The van der Waals surface area contributed by atoms with Gasteiger partial charge in [0.15, 0.2) is 0 Å². The molecule has 0 radical (unpaired) electrons. The molecule has 0 aromatic heterocycles. The minimum Gasteiger partial charge on any atom is -0.147 e. The van der Waals surface area contributed by atoms with Gasteiger partial charge in [0.05, 0.1) is 0 Å². The van der Waals surface area contributed by atoms with Crippen LogP contribution in [0.4, 0.5) is 0 Å². The van der Waals surface area contributed by atoms with Crippen LogP contribution >= 0.6 is 24.8 Å². The summed E-state index contributed by atoms with van der Waals surface area (Å²) in [5, 5.41) is 0. The minimum absolute atomic E-state index is 0. The van der Waals surface area contributed by atoms with E-state index in [9.17, 15) is 0 Å². The van der Waals surface area contributed by atoms with E-state index in [0.29, 0.717) is 7.35 Å². The average molecular weight is 844 g/mol. The molecule has 48 heavy (non-hydrogen) atoms. The molecule has 0 saturated carbocycles. The number of fused-ring (bicyclic) bond motifs is 2. The molecule has 0 spiro atoms. The quantitative estimate of drug-likeness (QED) is 0.125. The summed E-state index contributed by atoms with van der Waals surface area (Å²) in [7, 11) is 0. The molecule has 1 aliphatic heterocycles. The summed E-state index contributed by atoms with van der Waals surface area (Å²) < 4.78 is 4.51. The first-order valence-corrected chi connectivity index (χ1v) is 27.7. The summed E-state index contributed by atoms with van der Waals surface area (Å²) in [5.74, 6) is 0. The zero-order valence-corrected chi connectivity index (χ0v) is 34.7. The van der Waals surface area contributed by atoms with E-state index < -0.39 is 20.0 Å². The molecule has 3 heteroatoms. The van der Waals surface area contributed by atoms with Crippen molar-refractivity contribution in [2.45, 2.75) is 101 Å². The number of unbranched alkanes of at least 4 members (excludes halogenated alkanes) is 2. The minimum atomic E-state index is -3.06. The first kappa shape index (κ1) is 37.1. The Morgan fingerprint density at radius 1 is 0.542 bits per heavy atom. The van der Waals surface area contributed by atoms with Crippen molar-refractivity contribution in [3.63, 3.8) is 0 Å². The van der Waals surface area contributed by atoms with Gasteiger partial charge in [0.2, 0.25) is 0 Å². The average Bonchev–Trinajstić information content (AvgIpc) is 3.65. The summed E-state index contributed by atoms with van der Waals surface area (Å²) in [4.78, 5) is 0. The van der Waals surface area contributed by atoms with E-state index in [1.165, 1.54) is 78.3 Å². The van der Waals surface area contributed by atoms with Crippen molar-refractivity contribution < 1.29 is 20.0 Å². The molecule has 0 bridgehead atoms. The topological polar surface area (TPSA) is 0 Å². The van der Waals surface area contributed by atoms with Crippen LogP contribution < -0.4 is 0 Å². The van der Waals surface area contributed by atoms with Crippen molar-refractivity contribution in [3.05, 3.63) is 129 Å². The molecule has 1 fully saturated rings. The molecule has 0 N–H and O–H groups in total. The summed E-state index contributed by atoms with van der Waals surface area (Å²) >= 11 is -3.06. The van der Waals surface area contributed by atoms with Crippen LogP contribution in [-0.2, 0) is 32.8 Å². The number of halogens is 2. The SMILES string of the molecule is CCCCC1=Cc2c(-c3ccc(CC)cc3)cccc2[CH]1[Hf]1([CH]2C(CCCC)=Cc3c(-c4ccc(CC)cc4)cccc32)[CH2]C[CH2]1.Cl.Cl. The molecule has 1 saturated heterocycles. The molecule has 252 valence electrons. The maximum atomic E-state index is 2.70. The Bertz CT molecular complexity index is 1630. The van der Waals surface area contributed by atoms with E-state index in [-0.39, 0.29) is 24.8 Å². The Morgan fingerprint density at radius 3 is 1.29 bits per heavy atom. The van der Waals surface area contributed by atoms with Gasteiger partial charge in [-0.3, -0.25) is 0 Å². The van der Waals surface area contributed by atoms with Crippen LogP contribution in [0.3, 0.4) is 0 Å². The number of rotatable bonds is 12. The van der Waals surface area contributed by atoms with E-state index >= 15 is 0 Å². The largest absolute Gasteiger partial charge is 0.147 e. The van der Waals surface area contributed by atoms with Crippen molar-refractivity contribution in [1.82, 2.24) is 0 Å². The van der Waals surface area contributed by atoms with Gasteiger partial charge < -0.3 is 0 Å². The second kappa shape index (κ2) is 16.2. The van der Waals surface area contributed by atoms with Crippen molar-refractivity contribution in [2.24, 2.45) is 0 Å². The third-order valence-electron chi connectivity index (χ3n) is 11.7. The number of allylic oxidation sites excluding steroid dienone is 2. The molecule has 4 aromatic rings. The number of hydrogen-bond acceptors (Lipinski definition) is 0. The van der Waals surface area contributed by atoms with E-state index in [0.717, 1.165) is 12.8 Å². The summed E-state index contributed by atoms with van der Waals surface area (Å²) in [6, 6.07) is 33.5. The first-order chi connectivity index (χ1) is 22.6. The van der Waals surface area contributed by atoms with Crippen molar-refractivity contribution in [1.29, 1.82) is 0 Å². The van der Waals surface area contributed by atoms with E-state index in [2.05, 4.69) is 125 Å². The predicted molar refractivity (Wildman–Crippen MR) is 212 cm³/mol. The molecule has 2 aliphatic carbocycles. The second-order valence-electron chi connectivity index (χ2n) is 14.3. The van der Waals surface area contributed by atoms with E-state index in [1.807, 2.05) is 0 Å². The fourth-order valence-corrected chi connectivity index (χ4v) is 31.9. The van der Waals surface area contributed by atoms with Gasteiger partial charge in [0.25, 0.3) is 0 Å².